The van der Waals surface area contributed by atoms with E-state index >= 15 is 0 Å². The molecular formula is C12H18ClNO2. The van der Waals surface area contributed by atoms with Gasteiger partial charge in [0, 0.05) is 17.9 Å². The van der Waals surface area contributed by atoms with Gasteiger partial charge in [-0.2, -0.15) is 0 Å². The van der Waals surface area contributed by atoms with Crippen LogP contribution in [0.25, 0.3) is 0 Å². The molecule has 1 rings (SSSR count). The number of hydrogen-bond acceptors (Lipinski definition) is 3. The van der Waals surface area contributed by atoms with Crippen LogP contribution in [0.15, 0.2) is 6.07 Å². The largest absolute Gasteiger partial charge is 0.475 e. The number of aryl methyl sites for hydroxylation is 2. The number of halogens is 1. The van der Waals surface area contributed by atoms with E-state index in [1.165, 1.54) is 0 Å². The summed E-state index contributed by atoms with van der Waals surface area (Å²) in [5.74, 6) is 1.05. The van der Waals surface area contributed by atoms with Crippen LogP contribution in [0.4, 0.5) is 0 Å². The fourth-order valence-electron chi connectivity index (χ4n) is 1.45. The lowest BCUT2D eigenvalue weighted by molar-refractivity contribution is 0.108. The molecule has 1 aromatic rings. The molecule has 0 atom stereocenters. The van der Waals surface area contributed by atoms with Crippen LogP contribution in [0.2, 0.25) is 0 Å². The Kier molecular flexibility index (Phi) is 5.56. The minimum Gasteiger partial charge on any atom is -0.475 e. The predicted octanol–water partition coefficient (Wildman–Crippen LogP) is 2.85. The number of alkyl halides is 1. The van der Waals surface area contributed by atoms with Crippen molar-refractivity contribution in [1.29, 1.82) is 0 Å². The molecule has 0 N–H and O–H groups in total. The third kappa shape index (κ3) is 3.65. The van der Waals surface area contributed by atoms with Crippen molar-refractivity contribution in [2.24, 2.45) is 0 Å². The first-order valence-corrected chi connectivity index (χ1v) is 5.96. The Morgan fingerprint density at radius 3 is 2.69 bits per heavy atom. The molecule has 16 heavy (non-hydrogen) atoms. The zero-order valence-corrected chi connectivity index (χ0v) is 10.8. The number of aromatic nitrogens is 1. The van der Waals surface area contributed by atoms with Gasteiger partial charge >= 0.3 is 0 Å². The Labute approximate surface area is 102 Å². The summed E-state index contributed by atoms with van der Waals surface area (Å²) in [6, 6.07) is 2.01. The maximum absolute atomic E-state index is 5.88. The summed E-state index contributed by atoms with van der Waals surface area (Å²) in [6.07, 6.45) is 0. The number of ether oxygens (including phenoxy) is 2. The van der Waals surface area contributed by atoms with Crippen molar-refractivity contribution in [3.8, 4) is 5.88 Å². The quantitative estimate of drug-likeness (QED) is 0.569. The van der Waals surface area contributed by atoms with Crippen LogP contribution in [-0.4, -0.2) is 24.8 Å². The first kappa shape index (κ1) is 13.3. The fourth-order valence-corrected chi connectivity index (χ4v) is 1.78. The standard InChI is InChI=1S/C12H18ClNO2/c1-4-15-5-6-16-12-11(8-13)9(2)7-10(3)14-12/h7H,4-6,8H2,1-3H3. The molecule has 0 bridgehead atoms. The molecule has 0 aromatic carbocycles. The lowest BCUT2D eigenvalue weighted by Gasteiger charge is -2.12. The third-order valence-electron chi connectivity index (χ3n) is 2.24. The molecule has 90 valence electrons. The van der Waals surface area contributed by atoms with Gasteiger partial charge in [-0.15, -0.1) is 11.6 Å². The van der Waals surface area contributed by atoms with E-state index in [4.69, 9.17) is 21.1 Å². The van der Waals surface area contributed by atoms with E-state index in [2.05, 4.69) is 4.98 Å². The Bertz CT molecular complexity index is 342. The van der Waals surface area contributed by atoms with E-state index < -0.39 is 0 Å². The monoisotopic (exact) mass is 243 g/mol. The number of hydrogen-bond donors (Lipinski definition) is 0. The maximum Gasteiger partial charge on any atom is 0.218 e. The smallest absolute Gasteiger partial charge is 0.218 e. The molecule has 3 nitrogen and oxygen atoms in total. The highest BCUT2D eigenvalue weighted by atomic mass is 35.5. The van der Waals surface area contributed by atoms with Crippen molar-refractivity contribution < 1.29 is 9.47 Å². The van der Waals surface area contributed by atoms with Crippen molar-refractivity contribution in [1.82, 2.24) is 4.98 Å². The van der Waals surface area contributed by atoms with Gasteiger partial charge < -0.3 is 9.47 Å². The van der Waals surface area contributed by atoms with Crippen molar-refractivity contribution in [3.05, 3.63) is 22.9 Å². The Morgan fingerprint density at radius 1 is 1.31 bits per heavy atom. The van der Waals surface area contributed by atoms with Crippen LogP contribution in [0.5, 0.6) is 5.88 Å². The number of rotatable bonds is 6. The summed E-state index contributed by atoms with van der Waals surface area (Å²) in [6.45, 7) is 7.70. The fraction of sp³-hybridized carbons (Fsp3) is 0.583. The molecule has 0 aliphatic rings. The van der Waals surface area contributed by atoms with Gasteiger partial charge in [-0.05, 0) is 32.4 Å². The lowest BCUT2D eigenvalue weighted by Crippen LogP contribution is -2.09. The maximum atomic E-state index is 5.88. The number of pyridine rings is 1. The summed E-state index contributed by atoms with van der Waals surface area (Å²) in [5, 5.41) is 0. The molecule has 1 heterocycles. The van der Waals surface area contributed by atoms with E-state index in [1.807, 2.05) is 26.8 Å². The Morgan fingerprint density at radius 2 is 2.06 bits per heavy atom. The summed E-state index contributed by atoms with van der Waals surface area (Å²) in [7, 11) is 0. The minimum absolute atomic E-state index is 0.420. The minimum atomic E-state index is 0.420. The van der Waals surface area contributed by atoms with Gasteiger partial charge in [0.1, 0.15) is 6.61 Å². The van der Waals surface area contributed by atoms with Crippen LogP contribution in [0, 0.1) is 13.8 Å². The van der Waals surface area contributed by atoms with Gasteiger partial charge in [0.2, 0.25) is 5.88 Å². The average molecular weight is 244 g/mol. The molecule has 0 amide bonds. The molecule has 0 saturated heterocycles. The zero-order valence-electron chi connectivity index (χ0n) is 10.0. The molecule has 4 heteroatoms. The zero-order chi connectivity index (χ0) is 12.0. The van der Waals surface area contributed by atoms with Gasteiger partial charge in [0.05, 0.1) is 12.5 Å². The SMILES string of the molecule is CCOCCOc1nc(C)cc(C)c1CCl. The first-order valence-electron chi connectivity index (χ1n) is 5.42. The van der Waals surface area contributed by atoms with Gasteiger partial charge in [-0.1, -0.05) is 0 Å². The van der Waals surface area contributed by atoms with Crippen LogP contribution in [0.3, 0.4) is 0 Å². The summed E-state index contributed by atoms with van der Waals surface area (Å²) < 4.78 is 10.8. The van der Waals surface area contributed by atoms with Crippen molar-refractivity contribution in [2.75, 3.05) is 19.8 Å². The van der Waals surface area contributed by atoms with Gasteiger partial charge in [0.25, 0.3) is 0 Å². The van der Waals surface area contributed by atoms with E-state index in [0.717, 1.165) is 16.8 Å². The predicted molar refractivity (Wildman–Crippen MR) is 65.3 cm³/mol. The van der Waals surface area contributed by atoms with Crippen LogP contribution < -0.4 is 4.74 Å². The lowest BCUT2D eigenvalue weighted by atomic mass is 10.1. The second-order valence-corrected chi connectivity index (χ2v) is 3.81. The molecule has 0 aliphatic heterocycles. The molecule has 0 aliphatic carbocycles. The highest BCUT2D eigenvalue weighted by molar-refractivity contribution is 6.17. The van der Waals surface area contributed by atoms with Crippen LogP contribution >= 0.6 is 11.6 Å². The molecule has 0 saturated carbocycles. The summed E-state index contributed by atoms with van der Waals surface area (Å²) >= 11 is 5.88. The second-order valence-electron chi connectivity index (χ2n) is 3.54. The Hall–Kier alpha value is -0.800. The van der Waals surface area contributed by atoms with E-state index in [1.54, 1.807) is 0 Å². The highest BCUT2D eigenvalue weighted by Crippen LogP contribution is 2.22. The molecule has 1 aromatic heterocycles. The molecular weight excluding hydrogens is 226 g/mol. The van der Waals surface area contributed by atoms with Crippen LogP contribution in [0.1, 0.15) is 23.7 Å². The summed E-state index contributed by atoms with van der Waals surface area (Å²) in [4.78, 5) is 4.34. The Balaban J connectivity index is 2.69. The second kappa shape index (κ2) is 6.71. The average Bonchev–Trinajstić information content (AvgIpc) is 2.24. The third-order valence-corrected chi connectivity index (χ3v) is 2.51. The number of nitrogens with zero attached hydrogens (tertiary/aromatic N) is 1. The highest BCUT2D eigenvalue weighted by Gasteiger charge is 2.08. The van der Waals surface area contributed by atoms with Gasteiger partial charge in [-0.25, -0.2) is 4.98 Å². The molecule has 0 fully saturated rings. The van der Waals surface area contributed by atoms with Crippen molar-refractivity contribution in [2.45, 2.75) is 26.7 Å². The van der Waals surface area contributed by atoms with E-state index in [-0.39, 0.29) is 0 Å². The van der Waals surface area contributed by atoms with Crippen molar-refractivity contribution in [3.63, 3.8) is 0 Å². The van der Waals surface area contributed by atoms with Crippen molar-refractivity contribution >= 4 is 11.6 Å². The van der Waals surface area contributed by atoms with E-state index in [0.29, 0.717) is 31.6 Å². The molecule has 0 spiro atoms. The topological polar surface area (TPSA) is 31.4 Å². The van der Waals surface area contributed by atoms with Gasteiger partial charge in [0.15, 0.2) is 0 Å². The van der Waals surface area contributed by atoms with Gasteiger partial charge in [-0.3, -0.25) is 0 Å². The van der Waals surface area contributed by atoms with Crippen LogP contribution in [-0.2, 0) is 10.6 Å². The van der Waals surface area contributed by atoms with E-state index in [9.17, 15) is 0 Å². The molecule has 0 radical (unpaired) electrons. The normalized spacial score (nSPS) is 10.5. The first-order chi connectivity index (χ1) is 7.69. The summed E-state index contributed by atoms with van der Waals surface area (Å²) in [5.41, 5.74) is 3.02. The molecule has 0 unspecified atom stereocenters.